The Morgan fingerprint density at radius 3 is 2.88 bits per heavy atom. The van der Waals surface area contributed by atoms with E-state index in [1.165, 1.54) is 11.0 Å². The molecule has 2 rings (SSSR count). The van der Waals surface area contributed by atoms with Crippen LogP contribution in [0.15, 0.2) is 24.3 Å². The van der Waals surface area contributed by atoms with Gasteiger partial charge in [-0.15, -0.1) is 0 Å². The van der Waals surface area contributed by atoms with Crippen LogP contribution in [-0.2, 0) is 11.3 Å². The molecule has 0 spiro atoms. The highest BCUT2D eigenvalue weighted by Crippen LogP contribution is 2.16. The second kappa shape index (κ2) is 4.49. The number of rotatable bonds is 3. The maximum absolute atomic E-state index is 13.3. The molecule has 1 amide bonds. The minimum atomic E-state index is -0.512. The Balaban J connectivity index is 2.06. The summed E-state index contributed by atoms with van der Waals surface area (Å²) in [4.78, 5) is 12.7. The summed E-state index contributed by atoms with van der Waals surface area (Å²) in [5.41, 5.74) is 0.443. The van der Waals surface area contributed by atoms with E-state index in [9.17, 15) is 9.18 Å². The summed E-state index contributed by atoms with van der Waals surface area (Å²) in [6, 6.07) is 6.27. The number of aliphatic hydroxyl groups is 1. The SMILES string of the molecule is O=C1O[C@@H](CO)CN1Cc1ccccc1F. The van der Waals surface area contributed by atoms with Gasteiger partial charge in [0.25, 0.3) is 0 Å². The Morgan fingerprint density at radius 2 is 2.25 bits per heavy atom. The molecule has 1 aromatic carbocycles. The largest absolute Gasteiger partial charge is 0.442 e. The number of amides is 1. The summed E-state index contributed by atoms with van der Waals surface area (Å²) in [5.74, 6) is -0.345. The highest BCUT2D eigenvalue weighted by molar-refractivity contribution is 5.69. The second-order valence-corrected chi connectivity index (χ2v) is 3.66. The van der Waals surface area contributed by atoms with Crippen molar-refractivity contribution in [2.75, 3.05) is 13.2 Å². The van der Waals surface area contributed by atoms with Crippen LogP contribution in [0.3, 0.4) is 0 Å². The Bertz CT molecular complexity index is 397. The number of halogens is 1. The molecule has 1 saturated heterocycles. The molecule has 16 heavy (non-hydrogen) atoms. The molecule has 1 fully saturated rings. The van der Waals surface area contributed by atoms with Gasteiger partial charge in [-0.3, -0.25) is 4.90 Å². The van der Waals surface area contributed by atoms with E-state index in [1.54, 1.807) is 18.2 Å². The molecular formula is C11H12FNO3. The average molecular weight is 225 g/mol. The fraction of sp³-hybridized carbons (Fsp3) is 0.364. The molecule has 1 aliphatic heterocycles. The predicted octanol–water partition coefficient (Wildman–Crippen LogP) is 1.14. The zero-order valence-corrected chi connectivity index (χ0v) is 8.60. The lowest BCUT2D eigenvalue weighted by Gasteiger charge is -2.12. The van der Waals surface area contributed by atoms with E-state index in [4.69, 9.17) is 9.84 Å². The van der Waals surface area contributed by atoms with Crippen molar-refractivity contribution in [2.45, 2.75) is 12.6 Å². The number of cyclic esters (lactones) is 1. The number of benzene rings is 1. The molecule has 0 aromatic heterocycles. The van der Waals surface area contributed by atoms with E-state index >= 15 is 0 Å². The summed E-state index contributed by atoms with van der Waals surface area (Å²) in [6.07, 6.45) is -1.01. The van der Waals surface area contributed by atoms with Crippen LogP contribution in [-0.4, -0.2) is 35.4 Å². The predicted molar refractivity (Wildman–Crippen MR) is 54.2 cm³/mol. The molecule has 0 unspecified atom stereocenters. The van der Waals surface area contributed by atoms with Crippen LogP contribution in [0.25, 0.3) is 0 Å². The van der Waals surface area contributed by atoms with Crippen LogP contribution in [0.5, 0.6) is 0 Å². The third-order valence-corrected chi connectivity index (χ3v) is 2.47. The maximum atomic E-state index is 13.3. The van der Waals surface area contributed by atoms with Crippen LogP contribution in [0.1, 0.15) is 5.56 Å². The summed E-state index contributed by atoms with van der Waals surface area (Å²) in [5, 5.41) is 8.84. The first-order valence-corrected chi connectivity index (χ1v) is 5.00. The first-order valence-electron chi connectivity index (χ1n) is 5.00. The number of carbonyl (C=O) groups excluding carboxylic acids is 1. The van der Waals surface area contributed by atoms with Crippen LogP contribution < -0.4 is 0 Å². The molecule has 0 bridgehead atoms. The normalized spacial score (nSPS) is 20.0. The fourth-order valence-corrected chi connectivity index (χ4v) is 1.63. The summed E-state index contributed by atoms with van der Waals surface area (Å²) < 4.78 is 18.2. The summed E-state index contributed by atoms with van der Waals surface area (Å²) in [6.45, 7) is 0.255. The first kappa shape index (κ1) is 10.9. The van der Waals surface area contributed by atoms with E-state index < -0.39 is 12.2 Å². The van der Waals surface area contributed by atoms with Crippen molar-refractivity contribution in [3.63, 3.8) is 0 Å². The quantitative estimate of drug-likeness (QED) is 0.839. The Labute approximate surface area is 92.2 Å². The van der Waals surface area contributed by atoms with Crippen molar-refractivity contribution >= 4 is 6.09 Å². The van der Waals surface area contributed by atoms with Crippen LogP contribution in [0.2, 0.25) is 0 Å². The number of hydrogen-bond acceptors (Lipinski definition) is 3. The smallest absolute Gasteiger partial charge is 0.410 e. The topological polar surface area (TPSA) is 49.8 Å². The van der Waals surface area contributed by atoms with Gasteiger partial charge in [-0.2, -0.15) is 0 Å². The second-order valence-electron chi connectivity index (χ2n) is 3.66. The number of ether oxygens (including phenoxy) is 1. The molecular weight excluding hydrogens is 213 g/mol. The third-order valence-electron chi connectivity index (χ3n) is 2.47. The fourth-order valence-electron chi connectivity index (χ4n) is 1.63. The molecule has 0 aliphatic carbocycles. The number of nitrogens with zero attached hydrogens (tertiary/aromatic N) is 1. The monoisotopic (exact) mass is 225 g/mol. The van der Waals surface area contributed by atoms with E-state index in [-0.39, 0.29) is 19.0 Å². The lowest BCUT2D eigenvalue weighted by Crippen LogP contribution is -2.25. The molecule has 0 radical (unpaired) electrons. The van der Waals surface area contributed by atoms with Crippen molar-refractivity contribution in [2.24, 2.45) is 0 Å². The Hall–Kier alpha value is -1.62. The third kappa shape index (κ3) is 2.14. The summed E-state index contributed by atoms with van der Waals surface area (Å²) >= 11 is 0. The van der Waals surface area contributed by atoms with E-state index in [0.717, 1.165) is 0 Å². The van der Waals surface area contributed by atoms with Gasteiger partial charge in [0.2, 0.25) is 0 Å². The van der Waals surface area contributed by atoms with Gasteiger partial charge in [-0.1, -0.05) is 18.2 Å². The Kier molecular flexibility index (Phi) is 3.05. The standard InChI is InChI=1S/C11H12FNO3/c12-10-4-2-1-3-8(10)5-13-6-9(7-14)16-11(13)15/h1-4,9,14H,5-7H2/t9-/m1/s1. The van der Waals surface area contributed by atoms with Crippen molar-refractivity contribution in [1.82, 2.24) is 4.90 Å². The first-order chi connectivity index (χ1) is 7.70. The van der Waals surface area contributed by atoms with Gasteiger partial charge in [0.1, 0.15) is 11.9 Å². The molecule has 0 saturated carbocycles. The van der Waals surface area contributed by atoms with Gasteiger partial charge in [-0.25, -0.2) is 9.18 Å². The van der Waals surface area contributed by atoms with Crippen LogP contribution in [0.4, 0.5) is 9.18 Å². The molecule has 1 atom stereocenters. The average Bonchev–Trinajstić information content (AvgIpc) is 2.63. The molecule has 1 heterocycles. The summed E-state index contributed by atoms with van der Waals surface area (Å²) in [7, 11) is 0. The maximum Gasteiger partial charge on any atom is 0.410 e. The van der Waals surface area contributed by atoms with Crippen molar-refractivity contribution in [1.29, 1.82) is 0 Å². The lowest BCUT2D eigenvalue weighted by atomic mass is 10.2. The molecule has 86 valence electrons. The van der Waals surface area contributed by atoms with Crippen LogP contribution in [0, 0.1) is 5.82 Å². The lowest BCUT2D eigenvalue weighted by molar-refractivity contribution is 0.0946. The molecule has 1 aliphatic rings. The number of aliphatic hydroxyl groups excluding tert-OH is 1. The highest BCUT2D eigenvalue weighted by atomic mass is 19.1. The van der Waals surface area contributed by atoms with E-state index in [1.807, 2.05) is 0 Å². The zero-order chi connectivity index (χ0) is 11.5. The van der Waals surface area contributed by atoms with Gasteiger partial charge in [0, 0.05) is 5.56 Å². The number of carbonyl (C=O) groups is 1. The van der Waals surface area contributed by atoms with Crippen molar-refractivity contribution in [3.8, 4) is 0 Å². The minimum absolute atomic E-state index is 0.169. The molecule has 1 N–H and O–H groups in total. The minimum Gasteiger partial charge on any atom is -0.442 e. The van der Waals surface area contributed by atoms with Crippen molar-refractivity contribution < 1.29 is 19.0 Å². The highest BCUT2D eigenvalue weighted by Gasteiger charge is 2.30. The van der Waals surface area contributed by atoms with Gasteiger partial charge in [-0.05, 0) is 6.07 Å². The van der Waals surface area contributed by atoms with Crippen LogP contribution >= 0.6 is 0 Å². The van der Waals surface area contributed by atoms with Gasteiger partial charge in [0.05, 0.1) is 19.7 Å². The van der Waals surface area contributed by atoms with Gasteiger partial charge < -0.3 is 9.84 Å². The Morgan fingerprint density at radius 1 is 1.50 bits per heavy atom. The van der Waals surface area contributed by atoms with Crippen molar-refractivity contribution in [3.05, 3.63) is 35.6 Å². The number of hydrogen-bond donors (Lipinski definition) is 1. The van der Waals surface area contributed by atoms with Gasteiger partial charge in [0.15, 0.2) is 0 Å². The molecule has 4 nitrogen and oxygen atoms in total. The zero-order valence-electron chi connectivity index (χ0n) is 8.60. The van der Waals surface area contributed by atoms with E-state index in [0.29, 0.717) is 12.1 Å². The van der Waals surface area contributed by atoms with E-state index in [2.05, 4.69) is 0 Å². The molecule has 1 aromatic rings. The molecule has 5 heteroatoms. The van der Waals surface area contributed by atoms with Gasteiger partial charge >= 0.3 is 6.09 Å².